The second-order valence-corrected chi connectivity index (χ2v) is 9.03. The maximum absolute atomic E-state index is 13.5. The molecule has 0 bridgehead atoms. The lowest BCUT2D eigenvalue weighted by Gasteiger charge is -2.37. The molecular formula is C27H28FN5O2. The molecule has 4 rings (SSSR count). The highest BCUT2D eigenvalue weighted by molar-refractivity contribution is 5.99. The van der Waals surface area contributed by atoms with Crippen molar-refractivity contribution in [3.63, 3.8) is 0 Å². The fourth-order valence-electron chi connectivity index (χ4n) is 4.99. The number of hydrogen-bond acceptors (Lipinski definition) is 4. The first kappa shape index (κ1) is 24.1. The van der Waals surface area contributed by atoms with Crippen molar-refractivity contribution in [2.75, 3.05) is 0 Å². The van der Waals surface area contributed by atoms with Crippen LogP contribution in [-0.2, 0) is 18.3 Å². The first-order chi connectivity index (χ1) is 16.6. The molecule has 8 heteroatoms. The molecule has 0 saturated carbocycles. The van der Waals surface area contributed by atoms with E-state index in [9.17, 15) is 14.0 Å². The largest absolute Gasteiger partial charge is 0.386 e. The second kappa shape index (κ2) is 9.31. The standard InChI is InChI=1S/C27H28FN5O2/c1-15(29)14-27(26(32)33-21-8-6-20(28)7-9-21)22-10-4-18(24(30)34)12-16(22)2-3-17-13-19(25(31)35)5-11-23(17)27/h4-13,15H,2-3,14,29H2,1H3,(H2,30,34)(H2,31,35)(H2,32,33)/t15-/m1/s1. The van der Waals surface area contributed by atoms with Crippen LogP contribution in [0.2, 0.25) is 0 Å². The first-order valence-corrected chi connectivity index (χ1v) is 11.3. The summed E-state index contributed by atoms with van der Waals surface area (Å²) in [4.78, 5) is 28.5. The molecule has 0 unspecified atom stereocenters. The average molecular weight is 474 g/mol. The SMILES string of the molecule is C[C@@H](N)CC1(C(N)=Nc2ccc(F)cc2)c2ccc(C(N)=O)cc2CCc2cc(C(N)=O)ccc21. The summed E-state index contributed by atoms with van der Waals surface area (Å²) in [5, 5.41) is 0. The summed E-state index contributed by atoms with van der Waals surface area (Å²) in [5.74, 6) is -1.17. The number of carbonyl (C=O) groups is 2. The summed E-state index contributed by atoms with van der Waals surface area (Å²) < 4.78 is 13.5. The molecule has 0 fully saturated rings. The van der Waals surface area contributed by atoms with Crippen molar-refractivity contribution < 1.29 is 14.0 Å². The van der Waals surface area contributed by atoms with Crippen molar-refractivity contribution in [1.29, 1.82) is 0 Å². The van der Waals surface area contributed by atoms with Crippen molar-refractivity contribution in [3.05, 3.63) is 99.9 Å². The van der Waals surface area contributed by atoms with Gasteiger partial charge in [-0.1, -0.05) is 12.1 Å². The zero-order valence-corrected chi connectivity index (χ0v) is 19.4. The molecule has 35 heavy (non-hydrogen) atoms. The third kappa shape index (κ3) is 4.52. The Bertz CT molecular complexity index is 1270. The van der Waals surface area contributed by atoms with Gasteiger partial charge >= 0.3 is 0 Å². The Morgan fingerprint density at radius 3 is 1.80 bits per heavy atom. The molecular weight excluding hydrogens is 445 g/mol. The van der Waals surface area contributed by atoms with Gasteiger partial charge in [-0.3, -0.25) is 9.59 Å². The topological polar surface area (TPSA) is 151 Å². The molecule has 1 aliphatic rings. The number of fused-ring (bicyclic) bond motifs is 2. The van der Waals surface area contributed by atoms with E-state index < -0.39 is 17.2 Å². The minimum atomic E-state index is -0.976. The predicted molar refractivity (Wildman–Crippen MR) is 134 cm³/mol. The van der Waals surface area contributed by atoms with E-state index in [0.29, 0.717) is 36.1 Å². The summed E-state index contributed by atoms with van der Waals surface area (Å²) in [6.45, 7) is 1.88. The van der Waals surface area contributed by atoms with Gasteiger partial charge in [0.05, 0.1) is 11.1 Å². The smallest absolute Gasteiger partial charge is 0.248 e. The fourth-order valence-corrected chi connectivity index (χ4v) is 4.99. The van der Waals surface area contributed by atoms with Crippen LogP contribution in [0.25, 0.3) is 0 Å². The molecule has 1 aliphatic carbocycles. The van der Waals surface area contributed by atoms with Crippen LogP contribution in [0.5, 0.6) is 0 Å². The van der Waals surface area contributed by atoms with E-state index in [1.807, 2.05) is 19.1 Å². The summed E-state index contributed by atoms with van der Waals surface area (Å²) in [6.07, 6.45) is 1.56. The molecule has 2 amide bonds. The summed E-state index contributed by atoms with van der Waals surface area (Å²) >= 11 is 0. The number of aliphatic imine (C=N–C) groups is 1. The number of carbonyl (C=O) groups excluding carboxylic acids is 2. The zero-order valence-electron chi connectivity index (χ0n) is 19.4. The van der Waals surface area contributed by atoms with Crippen LogP contribution >= 0.6 is 0 Å². The zero-order chi connectivity index (χ0) is 25.3. The van der Waals surface area contributed by atoms with E-state index in [2.05, 4.69) is 0 Å². The number of nitrogens with zero attached hydrogens (tertiary/aromatic N) is 1. The number of primary amides is 2. The van der Waals surface area contributed by atoms with E-state index in [1.165, 1.54) is 12.1 Å². The van der Waals surface area contributed by atoms with Gasteiger partial charge in [-0.2, -0.15) is 0 Å². The van der Waals surface area contributed by atoms with E-state index in [1.54, 1.807) is 36.4 Å². The van der Waals surface area contributed by atoms with Crippen LogP contribution in [0.1, 0.15) is 56.3 Å². The van der Waals surface area contributed by atoms with Crippen LogP contribution in [0.3, 0.4) is 0 Å². The monoisotopic (exact) mass is 473 g/mol. The van der Waals surface area contributed by atoms with Crippen LogP contribution in [0.15, 0.2) is 65.7 Å². The Morgan fingerprint density at radius 1 is 0.886 bits per heavy atom. The fraction of sp³-hybridized carbons (Fsp3) is 0.222. The summed E-state index contributed by atoms with van der Waals surface area (Å²) in [7, 11) is 0. The van der Waals surface area contributed by atoms with Gasteiger partial charge in [0.25, 0.3) is 0 Å². The Balaban J connectivity index is 2.05. The molecule has 0 aliphatic heterocycles. The Hall–Kier alpha value is -4.04. The molecule has 0 radical (unpaired) electrons. The summed E-state index contributed by atoms with van der Waals surface area (Å²) in [6, 6.07) is 16.0. The molecule has 7 nitrogen and oxygen atoms in total. The van der Waals surface area contributed by atoms with Crippen LogP contribution in [-0.4, -0.2) is 23.7 Å². The molecule has 8 N–H and O–H groups in total. The van der Waals surface area contributed by atoms with Gasteiger partial charge < -0.3 is 22.9 Å². The lowest BCUT2D eigenvalue weighted by molar-refractivity contribution is 0.0991. The number of amides is 2. The molecule has 3 aromatic carbocycles. The maximum Gasteiger partial charge on any atom is 0.248 e. The average Bonchev–Trinajstić information content (AvgIpc) is 2.95. The summed E-state index contributed by atoms with van der Waals surface area (Å²) in [5.41, 5.74) is 28.1. The number of nitrogens with two attached hydrogens (primary N) is 4. The van der Waals surface area contributed by atoms with Crippen LogP contribution < -0.4 is 22.9 Å². The van der Waals surface area contributed by atoms with Gasteiger partial charge in [-0.05, 0) is 97.0 Å². The van der Waals surface area contributed by atoms with Crippen molar-refractivity contribution in [3.8, 4) is 0 Å². The number of hydrogen-bond donors (Lipinski definition) is 4. The van der Waals surface area contributed by atoms with Gasteiger partial charge in [0, 0.05) is 17.2 Å². The third-order valence-corrected chi connectivity index (χ3v) is 6.50. The molecule has 3 aromatic rings. The van der Waals surface area contributed by atoms with Crippen LogP contribution in [0, 0.1) is 5.82 Å². The molecule has 0 spiro atoms. The molecule has 0 saturated heterocycles. The third-order valence-electron chi connectivity index (χ3n) is 6.50. The Labute approximate surface area is 203 Å². The van der Waals surface area contributed by atoms with Crippen molar-refractivity contribution in [1.82, 2.24) is 0 Å². The van der Waals surface area contributed by atoms with E-state index >= 15 is 0 Å². The van der Waals surface area contributed by atoms with Crippen LogP contribution in [0.4, 0.5) is 10.1 Å². The molecule has 180 valence electrons. The van der Waals surface area contributed by atoms with Gasteiger partial charge in [-0.15, -0.1) is 0 Å². The minimum Gasteiger partial charge on any atom is -0.386 e. The normalized spacial score (nSPS) is 15.5. The first-order valence-electron chi connectivity index (χ1n) is 11.3. The van der Waals surface area contributed by atoms with Gasteiger partial charge in [0.15, 0.2) is 0 Å². The second-order valence-electron chi connectivity index (χ2n) is 9.03. The lowest BCUT2D eigenvalue weighted by atomic mass is 9.67. The highest BCUT2D eigenvalue weighted by atomic mass is 19.1. The highest BCUT2D eigenvalue weighted by Gasteiger charge is 2.44. The lowest BCUT2D eigenvalue weighted by Crippen LogP contribution is -2.46. The molecule has 0 heterocycles. The van der Waals surface area contributed by atoms with E-state index in [4.69, 9.17) is 27.9 Å². The van der Waals surface area contributed by atoms with E-state index in [0.717, 1.165) is 22.3 Å². The van der Waals surface area contributed by atoms with Crippen molar-refractivity contribution >= 4 is 23.3 Å². The number of amidine groups is 1. The van der Waals surface area contributed by atoms with Crippen molar-refractivity contribution in [2.24, 2.45) is 27.9 Å². The number of rotatable bonds is 6. The van der Waals surface area contributed by atoms with E-state index in [-0.39, 0.29) is 17.7 Å². The molecule has 0 aromatic heterocycles. The van der Waals surface area contributed by atoms with Gasteiger partial charge in [0.2, 0.25) is 11.8 Å². The quantitative estimate of drug-likeness (QED) is 0.321. The minimum absolute atomic E-state index is 0.268. The van der Waals surface area contributed by atoms with Gasteiger partial charge in [-0.25, -0.2) is 9.38 Å². The number of halogens is 1. The maximum atomic E-state index is 13.5. The number of aryl methyl sites for hydroxylation is 2. The molecule has 1 atom stereocenters. The number of benzene rings is 3. The van der Waals surface area contributed by atoms with Gasteiger partial charge in [0.1, 0.15) is 11.7 Å². The predicted octanol–water partition coefficient (Wildman–Crippen LogP) is 2.83. The Morgan fingerprint density at radius 2 is 1.37 bits per heavy atom. The highest BCUT2D eigenvalue weighted by Crippen LogP contribution is 2.44. The Kier molecular flexibility index (Phi) is 6.41. The van der Waals surface area contributed by atoms with Crippen molar-refractivity contribution in [2.45, 2.75) is 37.6 Å².